The van der Waals surface area contributed by atoms with Crippen LogP contribution in [0.1, 0.15) is 10.5 Å². The molecule has 0 aliphatic heterocycles. The second-order valence-corrected chi connectivity index (χ2v) is 2.94. The van der Waals surface area contributed by atoms with Crippen molar-refractivity contribution in [3.8, 4) is 0 Å². The maximum atomic E-state index is 10.6. The third-order valence-corrected chi connectivity index (χ3v) is 2.06. The number of rotatable bonds is 2. The minimum Gasteiger partial charge on any atom is -0.476 e. The Morgan fingerprint density at radius 2 is 2.23 bits per heavy atom. The lowest BCUT2D eigenvalue weighted by Gasteiger charge is -2.05. The van der Waals surface area contributed by atoms with Gasteiger partial charge in [-0.1, -0.05) is 0 Å². The number of nitrogens with one attached hydrogen (secondary N) is 1. The van der Waals surface area contributed by atoms with Crippen molar-refractivity contribution in [3.05, 3.63) is 10.2 Å². The van der Waals surface area contributed by atoms with E-state index in [0.717, 1.165) is 0 Å². The second kappa shape index (κ2) is 3.56. The molecular formula is C6H7BrN4O2. The number of nitrogen functional groups attached to an aromatic ring is 1. The van der Waals surface area contributed by atoms with Gasteiger partial charge >= 0.3 is 5.97 Å². The van der Waals surface area contributed by atoms with E-state index >= 15 is 0 Å². The molecule has 0 fully saturated rings. The number of nitrogens with two attached hydrogens (primary N) is 1. The Kier molecular flexibility index (Phi) is 2.66. The average molecular weight is 247 g/mol. The largest absolute Gasteiger partial charge is 0.476 e. The van der Waals surface area contributed by atoms with Crippen molar-refractivity contribution >= 4 is 33.7 Å². The van der Waals surface area contributed by atoms with Gasteiger partial charge in [0, 0.05) is 7.05 Å². The summed E-state index contributed by atoms with van der Waals surface area (Å²) in [5, 5.41) is 11.4. The molecule has 1 aromatic heterocycles. The van der Waals surface area contributed by atoms with E-state index in [1.165, 1.54) is 0 Å². The number of aromatic carboxylic acids is 1. The zero-order valence-electron chi connectivity index (χ0n) is 6.71. The number of carboxylic acids is 1. The lowest BCUT2D eigenvalue weighted by atomic mass is 10.4. The van der Waals surface area contributed by atoms with Crippen LogP contribution in [0.2, 0.25) is 0 Å². The lowest BCUT2D eigenvalue weighted by molar-refractivity contribution is 0.0689. The molecule has 0 saturated carbocycles. The first-order valence-electron chi connectivity index (χ1n) is 3.30. The van der Waals surface area contributed by atoms with E-state index in [0.29, 0.717) is 5.82 Å². The highest BCUT2D eigenvalue weighted by atomic mass is 79.9. The predicted octanol–water partition coefficient (Wildman–Crippen LogP) is 0.561. The number of halogens is 1. The number of carboxylic acid groups (broad SMARTS) is 1. The van der Waals surface area contributed by atoms with Crippen LogP contribution in [0.3, 0.4) is 0 Å². The predicted molar refractivity (Wildman–Crippen MR) is 50.7 cm³/mol. The lowest BCUT2D eigenvalue weighted by Crippen LogP contribution is -2.09. The van der Waals surface area contributed by atoms with E-state index in [2.05, 4.69) is 31.2 Å². The molecule has 0 unspecified atom stereocenters. The standard InChI is InChI=1S/C6H7BrN4O2/c1-9-4-2(7)3(5(12)13)10-6(8)11-4/h1H3,(H,12,13)(H3,8,9,10,11). The molecule has 4 N–H and O–H groups in total. The molecule has 0 aliphatic rings. The van der Waals surface area contributed by atoms with E-state index in [9.17, 15) is 4.79 Å². The van der Waals surface area contributed by atoms with Crippen molar-refractivity contribution in [2.24, 2.45) is 0 Å². The summed E-state index contributed by atoms with van der Waals surface area (Å²) in [6.07, 6.45) is 0. The Bertz CT molecular complexity index is 355. The summed E-state index contributed by atoms with van der Waals surface area (Å²) in [6, 6.07) is 0. The third-order valence-electron chi connectivity index (χ3n) is 1.31. The molecule has 0 radical (unpaired) electrons. The number of anilines is 2. The fourth-order valence-corrected chi connectivity index (χ4v) is 1.32. The highest BCUT2D eigenvalue weighted by molar-refractivity contribution is 9.10. The molecule has 0 spiro atoms. The van der Waals surface area contributed by atoms with Gasteiger partial charge < -0.3 is 16.2 Å². The maximum Gasteiger partial charge on any atom is 0.355 e. The van der Waals surface area contributed by atoms with E-state index < -0.39 is 5.97 Å². The quantitative estimate of drug-likeness (QED) is 0.705. The Balaban J connectivity index is 3.35. The highest BCUT2D eigenvalue weighted by Crippen LogP contribution is 2.23. The molecule has 0 bridgehead atoms. The van der Waals surface area contributed by atoms with Crippen LogP contribution < -0.4 is 11.1 Å². The number of carbonyl (C=O) groups is 1. The van der Waals surface area contributed by atoms with Gasteiger partial charge in [-0.05, 0) is 15.9 Å². The second-order valence-electron chi connectivity index (χ2n) is 2.15. The molecule has 1 heterocycles. The summed E-state index contributed by atoms with van der Waals surface area (Å²) in [5.74, 6) is -0.882. The molecule has 0 aliphatic carbocycles. The Labute approximate surface area is 82.3 Å². The van der Waals surface area contributed by atoms with E-state index in [-0.39, 0.29) is 16.1 Å². The monoisotopic (exact) mass is 246 g/mol. The average Bonchev–Trinajstić information content (AvgIpc) is 2.08. The normalized spacial score (nSPS) is 9.69. The van der Waals surface area contributed by atoms with Crippen LogP contribution in [0.25, 0.3) is 0 Å². The summed E-state index contributed by atoms with van der Waals surface area (Å²) < 4.78 is 0.289. The van der Waals surface area contributed by atoms with Gasteiger partial charge in [-0.3, -0.25) is 0 Å². The first-order chi connectivity index (χ1) is 6.06. The Morgan fingerprint density at radius 1 is 1.62 bits per heavy atom. The van der Waals surface area contributed by atoms with Crippen molar-refractivity contribution in [2.75, 3.05) is 18.1 Å². The van der Waals surface area contributed by atoms with Crippen molar-refractivity contribution in [1.29, 1.82) is 0 Å². The molecule has 0 aromatic carbocycles. The summed E-state index contributed by atoms with van der Waals surface area (Å²) in [6.45, 7) is 0. The van der Waals surface area contributed by atoms with Gasteiger partial charge in [-0.15, -0.1) is 0 Å². The number of aromatic nitrogens is 2. The van der Waals surface area contributed by atoms with Gasteiger partial charge in [0.2, 0.25) is 5.95 Å². The molecule has 70 valence electrons. The molecule has 7 heteroatoms. The van der Waals surface area contributed by atoms with Crippen LogP contribution in [0.15, 0.2) is 4.47 Å². The Morgan fingerprint density at radius 3 is 2.69 bits per heavy atom. The summed E-state index contributed by atoms with van der Waals surface area (Å²) in [5.41, 5.74) is 5.14. The minimum absolute atomic E-state index is 0.0787. The fraction of sp³-hybridized carbons (Fsp3) is 0.167. The zero-order valence-corrected chi connectivity index (χ0v) is 8.29. The molecule has 1 aromatic rings. The van der Waals surface area contributed by atoms with E-state index in [4.69, 9.17) is 10.8 Å². The fourth-order valence-electron chi connectivity index (χ4n) is 0.772. The molecule has 0 atom stereocenters. The summed E-state index contributed by atoms with van der Waals surface area (Å²) in [4.78, 5) is 18.0. The van der Waals surface area contributed by atoms with Gasteiger partial charge in [-0.2, -0.15) is 4.98 Å². The Hall–Kier alpha value is -1.37. The number of nitrogens with zero attached hydrogens (tertiary/aromatic N) is 2. The van der Waals surface area contributed by atoms with E-state index in [1.807, 2.05) is 0 Å². The van der Waals surface area contributed by atoms with Crippen LogP contribution in [0.5, 0.6) is 0 Å². The number of hydrogen-bond donors (Lipinski definition) is 3. The molecule has 6 nitrogen and oxygen atoms in total. The van der Waals surface area contributed by atoms with E-state index in [1.54, 1.807) is 7.05 Å². The zero-order chi connectivity index (χ0) is 10.0. The summed E-state index contributed by atoms with van der Waals surface area (Å²) in [7, 11) is 1.61. The van der Waals surface area contributed by atoms with Crippen LogP contribution in [-0.2, 0) is 0 Å². The van der Waals surface area contributed by atoms with Gasteiger partial charge in [0.1, 0.15) is 5.82 Å². The van der Waals surface area contributed by atoms with Gasteiger partial charge in [0.25, 0.3) is 0 Å². The van der Waals surface area contributed by atoms with Crippen molar-refractivity contribution < 1.29 is 9.90 Å². The van der Waals surface area contributed by atoms with Gasteiger partial charge in [-0.25, -0.2) is 9.78 Å². The SMILES string of the molecule is CNc1nc(N)nc(C(=O)O)c1Br. The number of hydrogen-bond acceptors (Lipinski definition) is 5. The first-order valence-corrected chi connectivity index (χ1v) is 4.09. The van der Waals surface area contributed by atoms with Crippen molar-refractivity contribution in [1.82, 2.24) is 9.97 Å². The highest BCUT2D eigenvalue weighted by Gasteiger charge is 2.15. The first kappa shape index (κ1) is 9.72. The maximum absolute atomic E-state index is 10.6. The minimum atomic E-state index is -1.16. The topological polar surface area (TPSA) is 101 Å². The molecule has 0 amide bonds. The van der Waals surface area contributed by atoms with Crippen LogP contribution in [-0.4, -0.2) is 28.1 Å². The molecule has 13 heavy (non-hydrogen) atoms. The smallest absolute Gasteiger partial charge is 0.355 e. The molecule has 0 saturated heterocycles. The summed E-state index contributed by atoms with van der Waals surface area (Å²) >= 11 is 3.05. The molecular weight excluding hydrogens is 240 g/mol. The third kappa shape index (κ3) is 1.86. The van der Waals surface area contributed by atoms with Crippen LogP contribution >= 0.6 is 15.9 Å². The van der Waals surface area contributed by atoms with Crippen LogP contribution in [0.4, 0.5) is 11.8 Å². The van der Waals surface area contributed by atoms with Crippen molar-refractivity contribution in [3.63, 3.8) is 0 Å². The van der Waals surface area contributed by atoms with Gasteiger partial charge in [0.15, 0.2) is 5.69 Å². The van der Waals surface area contributed by atoms with Crippen molar-refractivity contribution in [2.45, 2.75) is 0 Å². The molecule has 1 rings (SSSR count). The van der Waals surface area contributed by atoms with Crippen LogP contribution in [0, 0.1) is 0 Å². The van der Waals surface area contributed by atoms with Gasteiger partial charge in [0.05, 0.1) is 4.47 Å².